The highest BCUT2D eigenvalue weighted by atomic mass is 15.2. The predicted octanol–water partition coefficient (Wildman–Crippen LogP) is 7.39. The molecule has 0 saturated carbocycles. The zero-order chi connectivity index (χ0) is 27.0. The summed E-state index contributed by atoms with van der Waals surface area (Å²) >= 11 is 0. The van der Waals surface area contributed by atoms with Crippen molar-refractivity contribution in [2.45, 2.75) is 52.4 Å². The molecule has 0 N–H and O–H groups in total. The molecule has 4 heteroatoms. The first-order valence-corrected chi connectivity index (χ1v) is 13.7. The van der Waals surface area contributed by atoms with Crippen molar-refractivity contribution in [3.63, 3.8) is 0 Å². The molecule has 0 aromatic heterocycles. The number of para-hydroxylation sites is 4. The van der Waals surface area contributed by atoms with Crippen LogP contribution in [0.4, 0.5) is 34.1 Å². The van der Waals surface area contributed by atoms with Gasteiger partial charge in [-0.1, -0.05) is 102 Å². The molecule has 4 aromatic carbocycles. The lowest BCUT2D eigenvalue weighted by Crippen LogP contribution is -2.60. The van der Waals surface area contributed by atoms with Crippen LogP contribution in [-0.2, 0) is 10.8 Å². The zero-order valence-electron chi connectivity index (χ0n) is 24.0. The number of nitrogens with zero attached hydrogens (tertiary/aromatic N) is 3. The molecule has 0 aliphatic carbocycles. The number of benzene rings is 4. The van der Waals surface area contributed by atoms with E-state index in [1.807, 2.05) is 0 Å². The molecule has 0 unspecified atom stereocenters. The van der Waals surface area contributed by atoms with Gasteiger partial charge in [-0.15, -0.1) is 0 Å². The first-order valence-electron chi connectivity index (χ1n) is 13.7. The number of hydrogen-bond acceptors (Lipinski definition) is 3. The van der Waals surface area contributed by atoms with E-state index < -0.39 is 0 Å². The van der Waals surface area contributed by atoms with E-state index in [-0.39, 0.29) is 17.7 Å². The van der Waals surface area contributed by atoms with Gasteiger partial charge in [-0.05, 0) is 57.1 Å². The molecule has 0 saturated heterocycles. The fourth-order valence-corrected chi connectivity index (χ4v) is 6.44. The van der Waals surface area contributed by atoms with Crippen molar-refractivity contribution in [3.8, 4) is 0 Å². The van der Waals surface area contributed by atoms with Crippen LogP contribution in [0.3, 0.4) is 0 Å². The molecule has 0 radical (unpaired) electrons. The van der Waals surface area contributed by atoms with Crippen LogP contribution in [0, 0.1) is 0 Å². The van der Waals surface area contributed by atoms with E-state index in [9.17, 15) is 0 Å². The smallest absolute Gasteiger partial charge is 0.332 e. The fourth-order valence-electron chi connectivity index (χ4n) is 6.44. The molecule has 0 bridgehead atoms. The highest BCUT2D eigenvalue weighted by Crippen LogP contribution is 2.54. The molecule has 6 rings (SSSR count). The van der Waals surface area contributed by atoms with Crippen LogP contribution in [0.25, 0.3) is 0 Å². The first kappa shape index (κ1) is 24.7. The fraction of sp³-hybridized carbons (Fsp3) is 0.294. The topological polar surface area (TPSA) is 9.72 Å². The van der Waals surface area contributed by atoms with Crippen LogP contribution in [0.1, 0.15) is 52.7 Å². The Bertz CT molecular complexity index is 1430. The Balaban J connectivity index is 1.78. The third kappa shape index (κ3) is 3.57. The van der Waals surface area contributed by atoms with Gasteiger partial charge in [0, 0.05) is 25.5 Å². The minimum atomic E-state index is -0.0247. The Morgan fingerprint density at radius 1 is 0.474 bits per heavy atom. The summed E-state index contributed by atoms with van der Waals surface area (Å²) in [5.74, 6) is 0. The molecule has 0 spiro atoms. The van der Waals surface area contributed by atoms with Crippen molar-refractivity contribution >= 4 is 51.9 Å². The van der Waals surface area contributed by atoms with E-state index in [1.54, 1.807) is 0 Å². The lowest BCUT2D eigenvalue weighted by Gasteiger charge is -2.48. The summed E-state index contributed by atoms with van der Waals surface area (Å²) in [4.78, 5) is 7.44. The van der Waals surface area contributed by atoms with Crippen LogP contribution >= 0.6 is 0 Å². The Morgan fingerprint density at radius 2 is 0.842 bits per heavy atom. The molecule has 2 aliphatic rings. The maximum Gasteiger partial charge on any atom is 0.332 e. The van der Waals surface area contributed by atoms with E-state index in [0.29, 0.717) is 0 Å². The lowest BCUT2D eigenvalue weighted by atomic mass is 9.45. The molecule has 0 fully saturated rings. The predicted molar refractivity (Wildman–Crippen MR) is 166 cm³/mol. The van der Waals surface area contributed by atoms with Crippen LogP contribution < -0.4 is 25.5 Å². The highest BCUT2D eigenvalue weighted by Gasteiger charge is 2.44. The maximum absolute atomic E-state index is 2.69. The molecule has 4 aromatic rings. The highest BCUT2D eigenvalue weighted by molar-refractivity contribution is 6.92. The number of fused-ring (bicyclic) bond motifs is 4. The molecule has 192 valence electrons. The van der Waals surface area contributed by atoms with E-state index in [2.05, 4.69) is 155 Å². The molecule has 38 heavy (non-hydrogen) atoms. The van der Waals surface area contributed by atoms with E-state index >= 15 is 0 Å². The van der Waals surface area contributed by atoms with Gasteiger partial charge in [0.25, 0.3) is 0 Å². The minimum Gasteiger partial charge on any atom is -0.373 e. The second-order valence-corrected chi connectivity index (χ2v) is 12.9. The summed E-state index contributed by atoms with van der Waals surface area (Å²) in [6, 6.07) is 31.6. The average molecular weight is 500 g/mol. The first-order chi connectivity index (χ1) is 18.0. The normalized spacial score (nSPS) is 14.6. The van der Waals surface area contributed by atoms with Crippen molar-refractivity contribution in [2.24, 2.45) is 0 Å². The number of hydrogen-bond donors (Lipinski definition) is 0. The Morgan fingerprint density at radius 3 is 1.26 bits per heavy atom. The van der Waals surface area contributed by atoms with E-state index in [1.165, 1.54) is 56.2 Å². The van der Waals surface area contributed by atoms with Gasteiger partial charge >= 0.3 is 6.85 Å². The van der Waals surface area contributed by atoms with E-state index in [0.717, 1.165) is 0 Å². The SMILES string of the molecule is CN1c2ccccc2B(N2c3c(cccc3C(C)(C)C)N(C)c3cccc(C(C)(C)C)c32)c2ccccc21. The summed E-state index contributed by atoms with van der Waals surface area (Å²) in [5.41, 5.74) is 13.0. The third-order valence-corrected chi connectivity index (χ3v) is 8.29. The van der Waals surface area contributed by atoms with Gasteiger partial charge in [0.05, 0.1) is 22.7 Å². The van der Waals surface area contributed by atoms with Crippen molar-refractivity contribution in [1.82, 2.24) is 0 Å². The standard InChI is InChI=1S/C34H38BN3/c1-33(2,3)23-15-13-21-29-31(23)38(32-24(34(4,5)6)16-14-22-30(32)37(29)8)35-25-17-9-11-19-27(25)36(7)28-20-12-10-18-26(28)35/h9-22H,1-8H3. The van der Waals surface area contributed by atoms with Crippen LogP contribution in [-0.4, -0.2) is 20.9 Å². The summed E-state index contributed by atoms with van der Waals surface area (Å²) in [5, 5.41) is 0. The molecular weight excluding hydrogens is 461 g/mol. The number of anilines is 6. The van der Waals surface area contributed by atoms with E-state index in [4.69, 9.17) is 0 Å². The largest absolute Gasteiger partial charge is 0.373 e. The Hall–Kier alpha value is -3.66. The minimum absolute atomic E-state index is 0.0247. The Kier molecular flexibility index (Phi) is 5.47. The average Bonchev–Trinajstić information content (AvgIpc) is 2.89. The number of rotatable bonds is 1. The maximum atomic E-state index is 2.69. The van der Waals surface area contributed by atoms with Crippen LogP contribution in [0.15, 0.2) is 84.9 Å². The van der Waals surface area contributed by atoms with Crippen LogP contribution in [0.5, 0.6) is 0 Å². The second-order valence-electron chi connectivity index (χ2n) is 12.9. The second kappa shape index (κ2) is 8.43. The zero-order valence-corrected chi connectivity index (χ0v) is 24.0. The Labute approximate surface area is 228 Å². The molecule has 2 aliphatic heterocycles. The van der Waals surface area contributed by atoms with Gasteiger partial charge in [0.2, 0.25) is 0 Å². The van der Waals surface area contributed by atoms with Crippen molar-refractivity contribution in [1.29, 1.82) is 0 Å². The summed E-state index contributed by atoms with van der Waals surface area (Å²) in [7, 11) is 4.42. The van der Waals surface area contributed by atoms with Gasteiger partial charge in [-0.3, -0.25) is 0 Å². The monoisotopic (exact) mass is 499 g/mol. The van der Waals surface area contributed by atoms with Crippen LogP contribution in [0.2, 0.25) is 0 Å². The van der Waals surface area contributed by atoms with Gasteiger partial charge in [0.1, 0.15) is 0 Å². The summed E-state index contributed by atoms with van der Waals surface area (Å²) in [6.07, 6.45) is 0. The van der Waals surface area contributed by atoms with Gasteiger partial charge in [-0.2, -0.15) is 0 Å². The quantitative estimate of drug-likeness (QED) is 0.253. The summed E-state index contributed by atoms with van der Waals surface area (Å²) < 4.78 is 0. The lowest BCUT2D eigenvalue weighted by molar-refractivity contribution is 0.587. The van der Waals surface area contributed by atoms with Crippen molar-refractivity contribution < 1.29 is 0 Å². The summed E-state index contributed by atoms with van der Waals surface area (Å²) in [6.45, 7) is 14.1. The van der Waals surface area contributed by atoms with Gasteiger partial charge in [-0.25, -0.2) is 0 Å². The third-order valence-electron chi connectivity index (χ3n) is 8.29. The molecule has 2 heterocycles. The van der Waals surface area contributed by atoms with Crippen molar-refractivity contribution in [3.05, 3.63) is 96.1 Å². The molecule has 0 amide bonds. The van der Waals surface area contributed by atoms with Gasteiger partial charge < -0.3 is 14.6 Å². The van der Waals surface area contributed by atoms with Gasteiger partial charge in [0.15, 0.2) is 0 Å². The molecule has 3 nitrogen and oxygen atoms in total. The molecular formula is C34H38BN3. The molecule has 0 atom stereocenters. The van der Waals surface area contributed by atoms with Crippen molar-refractivity contribution in [2.75, 3.05) is 28.7 Å².